The highest BCUT2D eigenvalue weighted by Crippen LogP contribution is 2.42. The molecule has 0 bridgehead atoms. The van der Waals surface area contributed by atoms with Crippen molar-refractivity contribution in [1.29, 1.82) is 0 Å². The van der Waals surface area contributed by atoms with Crippen LogP contribution in [0.3, 0.4) is 0 Å². The van der Waals surface area contributed by atoms with E-state index in [9.17, 15) is 9.59 Å². The summed E-state index contributed by atoms with van der Waals surface area (Å²) in [5.74, 6) is -0.815. The Bertz CT molecular complexity index is 372. The van der Waals surface area contributed by atoms with Gasteiger partial charge in [-0.1, -0.05) is 13.8 Å². The fourth-order valence-electron chi connectivity index (χ4n) is 2.12. The largest absolute Gasteiger partial charge is 0.481 e. The first kappa shape index (κ1) is 17.1. The summed E-state index contributed by atoms with van der Waals surface area (Å²) in [6.07, 6.45) is 0.711. The lowest BCUT2D eigenvalue weighted by atomic mass is 9.95. The van der Waals surface area contributed by atoms with Crippen molar-refractivity contribution < 1.29 is 19.4 Å². The van der Waals surface area contributed by atoms with Crippen molar-refractivity contribution in [2.75, 3.05) is 13.1 Å². The van der Waals surface area contributed by atoms with Crippen LogP contribution < -0.4 is 0 Å². The van der Waals surface area contributed by atoms with Crippen LogP contribution in [0.4, 0.5) is 4.79 Å². The number of amides is 1. The fraction of sp³-hybridized carbons (Fsp3) is 0.857. The Morgan fingerprint density at radius 3 is 2.35 bits per heavy atom. The number of likely N-dealkylation sites (tertiary alicyclic amines) is 1. The summed E-state index contributed by atoms with van der Waals surface area (Å²) in [5, 5.41) is 9.45. The van der Waals surface area contributed by atoms with Crippen LogP contribution in [0.25, 0.3) is 0 Å². The van der Waals surface area contributed by atoms with Crippen LogP contribution in [0.1, 0.15) is 47.5 Å². The highest BCUT2D eigenvalue weighted by molar-refractivity contribution is 8.01. The summed E-state index contributed by atoms with van der Waals surface area (Å²) in [4.78, 5) is 24.5. The van der Waals surface area contributed by atoms with E-state index in [4.69, 9.17) is 9.84 Å². The normalized spacial score (nSPS) is 19.1. The van der Waals surface area contributed by atoms with Gasteiger partial charge in [0.1, 0.15) is 5.60 Å². The number of aliphatic carboxylic acids is 1. The first-order valence-corrected chi connectivity index (χ1v) is 7.82. The van der Waals surface area contributed by atoms with Gasteiger partial charge in [-0.3, -0.25) is 4.79 Å². The second kappa shape index (κ2) is 6.24. The number of carboxylic acid groups (broad SMARTS) is 1. The monoisotopic (exact) mass is 303 g/mol. The van der Waals surface area contributed by atoms with Crippen LogP contribution in [-0.4, -0.2) is 50.8 Å². The molecule has 0 aromatic carbocycles. The van der Waals surface area contributed by atoms with E-state index in [2.05, 4.69) is 13.8 Å². The van der Waals surface area contributed by atoms with E-state index in [1.165, 1.54) is 0 Å². The number of carbonyl (C=O) groups excluding carboxylic acids is 1. The van der Waals surface area contributed by atoms with Crippen LogP contribution >= 0.6 is 11.8 Å². The fourth-order valence-corrected chi connectivity index (χ4v) is 3.81. The summed E-state index contributed by atoms with van der Waals surface area (Å²) in [5.41, 5.74) is -0.522. The van der Waals surface area contributed by atoms with Gasteiger partial charge in [-0.15, -0.1) is 11.8 Å². The zero-order chi connectivity index (χ0) is 15.6. The van der Waals surface area contributed by atoms with Crippen LogP contribution in [0, 0.1) is 0 Å². The third-order valence-electron chi connectivity index (χ3n) is 3.11. The molecule has 0 aromatic heterocycles. The Balaban J connectivity index is 2.61. The minimum Gasteiger partial charge on any atom is -0.481 e. The highest BCUT2D eigenvalue weighted by atomic mass is 32.2. The Morgan fingerprint density at radius 2 is 1.95 bits per heavy atom. The summed E-state index contributed by atoms with van der Waals surface area (Å²) in [6.45, 7) is 10.5. The van der Waals surface area contributed by atoms with Gasteiger partial charge in [0.15, 0.2) is 0 Å². The average Bonchev–Trinajstić information content (AvgIpc) is 2.21. The SMILES string of the molecule is CCC(C)SC1(CC(=O)O)CN(C(=O)OC(C)(C)C)C1. The van der Waals surface area contributed by atoms with Gasteiger partial charge in [0.2, 0.25) is 0 Å². The third kappa shape index (κ3) is 4.89. The minimum atomic E-state index is -0.815. The lowest BCUT2D eigenvalue weighted by molar-refractivity contribution is -0.138. The second-order valence-electron chi connectivity index (χ2n) is 6.43. The van der Waals surface area contributed by atoms with Crippen LogP contribution in [-0.2, 0) is 9.53 Å². The van der Waals surface area contributed by atoms with Crippen molar-refractivity contribution >= 4 is 23.8 Å². The van der Waals surface area contributed by atoms with Crippen molar-refractivity contribution in [3.05, 3.63) is 0 Å². The highest BCUT2D eigenvalue weighted by Gasteiger charge is 2.49. The van der Waals surface area contributed by atoms with Crippen LogP contribution in [0.5, 0.6) is 0 Å². The predicted molar refractivity (Wildman–Crippen MR) is 80.1 cm³/mol. The summed E-state index contributed by atoms with van der Waals surface area (Å²) >= 11 is 1.67. The lowest BCUT2D eigenvalue weighted by Gasteiger charge is -2.49. The molecule has 0 saturated carbocycles. The Morgan fingerprint density at radius 1 is 1.40 bits per heavy atom. The Hall–Kier alpha value is -0.910. The minimum absolute atomic E-state index is 0.0846. The van der Waals surface area contributed by atoms with Crippen molar-refractivity contribution in [3.63, 3.8) is 0 Å². The summed E-state index contributed by atoms with van der Waals surface area (Å²) in [7, 11) is 0. The molecular weight excluding hydrogens is 278 g/mol. The number of nitrogens with zero attached hydrogens (tertiary/aromatic N) is 1. The van der Waals surface area contributed by atoms with E-state index >= 15 is 0 Å². The van der Waals surface area contributed by atoms with E-state index in [1.54, 1.807) is 16.7 Å². The molecule has 1 rings (SSSR count). The van der Waals surface area contributed by atoms with E-state index in [0.717, 1.165) is 6.42 Å². The van der Waals surface area contributed by atoms with Crippen molar-refractivity contribution in [2.24, 2.45) is 0 Å². The van der Waals surface area contributed by atoms with Gasteiger partial charge in [0.05, 0.1) is 11.2 Å². The van der Waals surface area contributed by atoms with E-state index in [-0.39, 0.29) is 17.3 Å². The zero-order valence-electron chi connectivity index (χ0n) is 12.9. The van der Waals surface area contributed by atoms with E-state index < -0.39 is 11.6 Å². The molecule has 0 aromatic rings. The molecule has 5 nitrogen and oxygen atoms in total. The maximum absolute atomic E-state index is 11.9. The van der Waals surface area contributed by atoms with Gasteiger partial charge in [-0.2, -0.15) is 0 Å². The van der Waals surface area contributed by atoms with Gasteiger partial charge in [-0.05, 0) is 27.2 Å². The van der Waals surface area contributed by atoms with Gasteiger partial charge in [0, 0.05) is 18.3 Å². The Labute approximate surface area is 125 Å². The maximum atomic E-state index is 11.9. The molecule has 1 N–H and O–H groups in total. The van der Waals surface area contributed by atoms with Gasteiger partial charge in [-0.25, -0.2) is 4.79 Å². The van der Waals surface area contributed by atoms with Crippen LogP contribution in [0.2, 0.25) is 0 Å². The molecule has 116 valence electrons. The van der Waals surface area contributed by atoms with Crippen molar-refractivity contribution in [2.45, 2.75) is 63.1 Å². The van der Waals surface area contributed by atoms with Crippen molar-refractivity contribution in [3.8, 4) is 0 Å². The number of rotatable bonds is 5. The third-order valence-corrected chi connectivity index (χ3v) is 4.75. The van der Waals surface area contributed by atoms with Gasteiger partial charge < -0.3 is 14.7 Å². The number of carbonyl (C=O) groups is 2. The Kier molecular flexibility index (Phi) is 5.35. The molecule has 6 heteroatoms. The molecule has 1 aliphatic rings. The summed E-state index contributed by atoms with van der Waals surface area (Å²) in [6, 6.07) is 0. The maximum Gasteiger partial charge on any atom is 0.410 e. The molecule has 0 aliphatic carbocycles. The molecule has 20 heavy (non-hydrogen) atoms. The number of carboxylic acids is 1. The van der Waals surface area contributed by atoms with E-state index in [0.29, 0.717) is 18.3 Å². The molecule has 1 unspecified atom stereocenters. The van der Waals surface area contributed by atoms with E-state index in [1.807, 2.05) is 20.8 Å². The zero-order valence-corrected chi connectivity index (χ0v) is 13.7. The molecular formula is C14H25NO4S. The first-order valence-electron chi connectivity index (χ1n) is 6.94. The van der Waals surface area contributed by atoms with Crippen molar-refractivity contribution in [1.82, 2.24) is 4.90 Å². The number of thioether (sulfide) groups is 1. The molecule has 1 amide bonds. The van der Waals surface area contributed by atoms with Gasteiger partial charge in [0.25, 0.3) is 0 Å². The topological polar surface area (TPSA) is 66.8 Å². The van der Waals surface area contributed by atoms with Gasteiger partial charge >= 0.3 is 12.1 Å². The second-order valence-corrected chi connectivity index (χ2v) is 8.33. The molecule has 1 atom stereocenters. The molecule has 1 fully saturated rings. The standard InChI is InChI=1S/C14H25NO4S/c1-6-10(2)20-14(7-11(16)17)8-15(9-14)12(18)19-13(3,4)5/h10H,6-9H2,1-5H3,(H,16,17). The molecule has 1 aliphatic heterocycles. The van der Waals surface area contributed by atoms with Crippen LogP contribution in [0.15, 0.2) is 0 Å². The lowest BCUT2D eigenvalue weighted by Crippen LogP contribution is -2.63. The molecule has 0 radical (unpaired) electrons. The number of ether oxygens (including phenoxy) is 1. The smallest absolute Gasteiger partial charge is 0.410 e. The molecule has 1 heterocycles. The summed E-state index contributed by atoms with van der Waals surface area (Å²) < 4.78 is 4.94. The first-order chi connectivity index (χ1) is 9.07. The average molecular weight is 303 g/mol. The molecule has 0 spiro atoms. The predicted octanol–water partition coefficient (Wildman–Crippen LogP) is 2.98. The molecule has 1 saturated heterocycles. The quantitative estimate of drug-likeness (QED) is 0.845. The number of hydrogen-bond donors (Lipinski definition) is 1. The number of hydrogen-bond acceptors (Lipinski definition) is 4.